The number of carbonyl (C=O) groups is 4. The van der Waals surface area contributed by atoms with Crippen LogP contribution in [0.4, 0.5) is 5.00 Å². The smallest absolute Gasteiger partial charge is 0.341 e. The lowest BCUT2D eigenvalue weighted by molar-refractivity contribution is -0.128. The number of nitrogens with one attached hydrogen (secondary N) is 3. The molecule has 1 aromatic rings. The lowest BCUT2D eigenvalue weighted by Gasteiger charge is -2.31. The number of esters is 1. The van der Waals surface area contributed by atoms with Crippen LogP contribution in [-0.4, -0.2) is 68.4 Å². The molecule has 0 spiro atoms. The number of hydrogen-bond donors (Lipinski definition) is 3. The summed E-state index contributed by atoms with van der Waals surface area (Å²) in [5.41, 5.74) is 0.685. The molecule has 1 fully saturated rings. The van der Waals surface area contributed by atoms with Crippen LogP contribution in [0.2, 0.25) is 0 Å². The summed E-state index contributed by atoms with van der Waals surface area (Å²) in [7, 11) is 1.51. The first-order valence-corrected chi connectivity index (χ1v) is 13.0. The van der Waals surface area contributed by atoms with Gasteiger partial charge in [0.25, 0.3) is 5.91 Å². The first-order chi connectivity index (χ1) is 16.3. The number of amides is 3. The van der Waals surface area contributed by atoms with E-state index in [1.165, 1.54) is 13.5 Å². The van der Waals surface area contributed by atoms with Crippen LogP contribution < -0.4 is 16.0 Å². The van der Waals surface area contributed by atoms with E-state index in [1.807, 2.05) is 4.90 Å². The van der Waals surface area contributed by atoms with Gasteiger partial charge in [-0.1, -0.05) is 26.2 Å². The highest BCUT2D eigenvalue weighted by Gasteiger charge is 2.29. The lowest BCUT2D eigenvalue weighted by Crippen LogP contribution is -2.45. The van der Waals surface area contributed by atoms with E-state index in [9.17, 15) is 19.2 Å². The number of thiophene rings is 1. The fourth-order valence-electron chi connectivity index (χ4n) is 4.07. The highest BCUT2D eigenvalue weighted by Crippen LogP contribution is 2.34. The zero-order valence-corrected chi connectivity index (χ0v) is 21.6. The summed E-state index contributed by atoms with van der Waals surface area (Å²) in [4.78, 5) is 52.4. The van der Waals surface area contributed by atoms with Gasteiger partial charge in [0, 0.05) is 20.1 Å². The van der Waals surface area contributed by atoms with Crippen LogP contribution >= 0.6 is 11.3 Å². The molecule has 34 heavy (non-hydrogen) atoms. The van der Waals surface area contributed by atoms with Gasteiger partial charge in [-0.05, 0) is 45.2 Å². The van der Waals surface area contributed by atoms with E-state index < -0.39 is 5.97 Å². The van der Waals surface area contributed by atoms with E-state index in [0.717, 1.165) is 50.0 Å². The van der Waals surface area contributed by atoms with Crippen LogP contribution in [0.25, 0.3) is 0 Å². The van der Waals surface area contributed by atoms with Crippen molar-refractivity contribution in [3.63, 3.8) is 0 Å². The average Bonchev–Trinajstić information content (AvgIpc) is 3.14. The third kappa shape index (κ3) is 7.80. The fourth-order valence-corrected chi connectivity index (χ4v) is 5.23. The van der Waals surface area contributed by atoms with Crippen LogP contribution in [0.1, 0.15) is 78.0 Å². The molecular weight excluding hydrogens is 456 g/mol. The topological polar surface area (TPSA) is 117 Å². The molecule has 1 aliphatic heterocycles. The Labute approximate surface area is 206 Å². The molecule has 1 aromatic heterocycles. The minimum atomic E-state index is -0.574. The largest absolute Gasteiger partial charge is 0.462 e. The van der Waals surface area contributed by atoms with Gasteiger partial charge in [0.1, 0.15) is 5.00 Å². The van der Waals surface area contributed by atoms with Gasteiger partial charge in [0.15, 0.2) is 0 Å². The van der Waals surface area contributed by atoms with Gasteiger partial charge in [-0.15, -0.1) is 11.3 Å². The van der Waals surface area contributed by atoms with Gasteiger partial charge >= 0.3 is 5.97 Å². The van der Waals surface area contributed by atoms with Crippen LogP contribution in [0.15, 0.2) is 0 Å². The molecule has 0 bridgehead atoms. The number of carbonyl (C=O) groups excluding carboxylic acids is 4. The van der Waals surface area contributed by atoms with Gasteiger partial charge in [-0.2, -0.15) is 0 Å². The summed E-state index contributed by atoms with van der Waals surface area (Å²) in [6.07, 6.45) is 6.09. The monoisotopic (exact) mass is 494 g/mol. The standard InChI is InChI=1S/C24H38N4O5S/c1-5-7-8-9-12-26-21(30)17-11-10-13-28(14-17)15-18(29)27-23-19(24(32)33-6-2)16(3)20(34-23)22(31)25-4/h17H,5-15H2,1-4H3,(H,25,31)(H,26,30)(H,27,29). The van der Waals surface area contributed by atoms with Crippen molar-refractivity contribution in [1.82, 2.24) is 15.5 Å². The number of ether oxygens (including phenoxy) is 1. The Bertz CT molecular complexity index is 870. The maximum Gasteiger partial charge on any atom is 0.341 e. The van der Waals surface area contributed by atoms with E-state index in [4.69, 9.17) is 4.74 Å². The molecule has 3 amide bonds. The van der Waals surface area contributed by atoms with E-state index in [-0.39, 0.29) is 42.4 Å². The molecule has 2 rings (SSSR count). The van der Waals surface area contributed by atoms with E-state index in [1.54, 1.807) is 13.8 Å². The summed E-state index contributed by atoms with van der Waals surface area (Å²) in [6.45, 7) is 7.75. The molecule has 1 unspecified atom stereocenters. The van der Waals surface area contributed by atoms with Gasteiger partial charge in [0.05, 0.1) is 29.5 Å². The molecule has 0 radical (unpaired) electrons. The average molecular weight is 495 g/mol. The van der Waals surface area contributed by atoms with Crippen molar-refractivity contribution in [1.29, 1.82) is 0 Å². The van der Waals surface area contributed by atoms with Gasteiger partial charge in [0.2, 0.25) is 11.8 Å². The molecule has 1 saturated heterocycles. The zero-order chi connectivity index (χ0) is 25.1. The Morgan fingerprint density at radius 3 is 2.59 bits per heavy atom. The second kappa shape index (κ2) is 14.1. The quantitative estimate of drug-likeness (QED) is 0.304. The fraction of sp³-hybridized carbons (Fsp3) is 0.667. The molecule has 9 nitrogen and oxygen atoms in total. The molecule has 2 heterocycles. The van der Waals surface area contributed by atoms with Crippen LogP contribution in [0, 0.1) is 12.8 Å². The summed E-state index contributed by atoms with van der Waals surface area (Å²) < 4.78 is 5.13. The predicted octanol–water partition coefficient (Wildman–Crippen LogP) is 2.94. The summed E-state index contributed by atoms with van der Waals surface area (Å²) >= 11 is 1.06. The Morgan fingerprint density at radius 2 is 1.91 bits per heavy atom. The lowest BCUT2D eigenvalue weighted by atomic mass is 9.97. The van der Waals surface area contributed by atoms with Crippen molar-refractivity contribution in [3.05, 3.63) is 16.0 Å². The SMILES string of the molecule is CCCCCCNC(=O)C1CCCN(CC(=O)Nc2sc(C(=O)NC)c(C)c2C(=O)OCC)C1. The first kappa shape index (κ1) is 27.8. The van der Waals surface area contributed by atoms with Crippen LogP contribution in [0.5, 0.6) is 0 Å². The second-order valence-corrected chi connectivity index (χ2v) is 9.55. The zero-order valence-electron chi connectivity index (χ0n) is 20.8. The number of unbranched alkanes of at least 4 members (excludes halogenated alkanes) is 3. The van der Waals surface area contributed by atoms with Gasteiger partial charge in [-0.25, -0.2) is 4.79 Å². The van der Waals surface area contributed by atoms with E-state index in [0.29, 0.717) is 28.5 Å². The van der Waals surface area contributed by atoms with Crippen molar-refractivity contribution >= 4 is 40.0 Å². The Hall–Kier alpha value is -2.46. The Balaban J connectivity index is 1.99. The molecule has 1 aliphatic rings. The maximum atomic E-state index is 12.8. The molecular formula is C24H38N4O5S. The third-order valence-electron chi connectivity index (χ3n) is 5.89. The van der Waals surface area contributed by atoms with Crippen LogP contribution in [0.3, 0.4) is 0 Å². The summed E-state index contributed by atoms with van der Waals surface area (Å²) in [5, 5.41) is 8.68. The van der Waals surface area contributed by atoms with Gasteiger partial charge < -0.3 is 20.7 Å². The summed E-state index contributed by atoms with van der Waals surface area (Å²) in [6, 6.07) is 0. The maximum absolute atomic E-state index is 12.8. The van der Waals surface area contributed by atoms with Crippen molar-refractivity contribution in [2.75, 3.05) is 45.2 Å². The predicted molar refractivity (Wildman–Crippen MR) is 133 cm³/mol. The first-order valence-electron chi connectivity index (χ1n) is 12.1. The second-order valence-electron chi connectivity index (χ2n) is 8.53. The molecule has 3 N–H and O–H groups in total. The van der Waals surface area contributed by atoms with Crippen LogP contribution in [-0.2, 0) is 14.3 Å². The summed E-state index contributed by atoms with van der Waals surface area (Å²) in [5.74, 6) is -1.28. The Morgan fingerprint density at radius 1 is 1.15 bits per heavy atom. The highest BCUT2D eigenvalue weighted by atomic mass is 32.1. The molecule has 10 heteroatoms. The van der Waals surface area contributed by atoms with Crippen molar-refractivity contribution < 1.29 is 23.9 Å². The minimum absolute atomic E-state index is 0.0512. The minimum Gasteiger partial charge on any atom is -0.462 e. The number of nitrogens with zero attached hydrogens (tertiary/aromatic N) is 1. The molecule has 0 aliphatic carbocycles. The van der Waals surface area contributed by atoms with Gasteiger partial charge in [-0.3, -0.25) is 19.3 Å². The Kier molecular flexibility index (Phi) is 11.5. The van der Waals surface area contributed by atoms with Crippen molar-refractivity contribution in [3.8, 4) is 0 Å². The normalized spacial score (nSPS) is 16.1. The van der Waals surface area contributed by atoms with Crippen molar-refractivity contribution in [2.24, 2.45) is 5.92 Å². The molecule has 0 aromatic carbocycles. The number of hydrogen-bond acceptors (Lipinski definition) is 7. The van der Waals surface area contributed by atoms with E-state index >= 15 is 0 Å². The van der Waals surface area contributed by atoms with Crippen molar-refractivity contribution in [2.45, 2.75) is 59.3 Å². The molecule has 1 atom stereocenters. The molecule has 190 valence electrons. The highest BCUT2D eigenvalue weighted by molar-refractivity contribution is 7.18. The number of likely N-dealkylation sites (tertiary alicyclic amines) is 1. The number of piperidine rings is 1. The number of rotatable bonds is 12. The van der Waals surface area contributed by atoms with E-state index in [2.05, 4.69) is 22.9 Å². The molecule has 0 saturated carbocycles. The number of anilines is 1. The third-order valence-corrected chi connectivity index (χ3v) is 7.09.